The van der Waals surface area contributed by atoms with Gasteiger partial charge >= 0.3 is 12.4 Å². The molecular formula is C75H117ClF6N12O13. The van der Waals surface area contributed by atoms with E-state index < -0.39 is 198 Å². The number of morpholine rings is 1. The normalized spacial score (nSPS) is 30.1. The summed E-state index contributed by atoms with van der Waals surface area (Å²) in [5, 5.41) is 7.40. The molecule has 0 aromatic carbocycles. The van der Waals surface area contributed by atoms with Crippen LogP contribution in [0.1, 0.15) is 182 Å². The van der Waals surface area contributed by atoms with E-state index in [1.807, 2.05) is 13.8 Å². The highest BCUT2D eigenvalue weighted by Gasteiger charge is 2.53. The minimum Gasteiger partial charge on any atom is -0.378 e. The fourth-order valence-corrected chi connectivity index (χ4v) is 17.6. The van der Waals surface area contributed by atoms with Crippen molar-refractivity contribution in [2.24, 2.45) is 41.4 Å². The lowest BCUT2D eigenvalue weighted by Crippen LogP contribution is -2.65. The second-order valence-electron chi connectivity index (χ2n) is 31.9. The summed E-state index contributed by atoms with van der Waals surface area (Å²) in [6.45, 7) is 9.31. The number of nitrogens with one attached hydrogen (secondary N) is 3. The van der Waals surface area contributed by atoms with Gasteiger partial charge < -0.3 is 64.8 Å². The smallest absolute Gasteiger partial charge is 0.378 e. The summed E-state index contributed by atoms with van der Waals surface area (Å²) in [7, 11) is 8.18. The predicted molar refractivity (Wildman–Crippen MR) is 386 cm³/mol. The molecule has 4 aliphatic carbocycles. The average Bonchev–Trinajstić information content (AvgIpc) is 1.72. The van der Waals surface area contributed by atoms with Crippen molar-refractivity contribution in [3.63, 3.8) is 0 Å². The summed E-state index contributed by atoms with van der Waals surface area (Å²) in [4.78, 5) is 192. The first-order chi connectivity index (χ1) is 50.3. The van der Waals surface area contributed by atoms with Gasteiger partial charge in [0.1, 0.15) is 47.8 Å². The van der Waals surface area contributed by atoms with Crippen LogP contribution in [-0.4, -0.2) is 282 Å². The minimum absolute atomic E-state index is 0.00275. The molecule has 3 unspecified atom stereocenters. The number of carbonyl (C=O) groups excluding carboxylic acids is 12. The molecule has 3 saturated heterocycles. The third-order valence-corrected chi connectivity index (χ3v) is 24.3. The van der Waals surface area contributed by atoms with E-state index >= 15 is 33.6 Å². The molecule has 604 valence electrons. The number of alkyl halides is 7. The lowest BCUT2D eigenvalue weighted by atomic mass is 9.78. The molecule has 11 atom stereocenters. The van der Waals surface area contributed by atoms with Gasteiger partial charge in [0.15, 0.2) is 0 Å². The van der Waals surface area contributed by atoms with Crippen LogP contribution in [0.3, 0.4) is 0 Å². The molecule has 4 saturated carbocycles. The Balaban J connectivity index is 1.30. The van der Waals surface area contributed by atoms with Gasteiger partial charge in [-0.25, -0.2) is 0 Å². The molecule has 7 rings (SSSR count). The lowest BCUT2D eigenvalue weighted by molar-refractivity contribution is -0.184. The highest BCUT2D eigenvalue weighted by atomic mass is 35.5. The van der Waals surface area contributed by atoms with Gasteiger partial charge in [0.05, 0.1) is 51.1 Å². The summed E-state index contributed by atoms with van der Waals surface area (Å²) < 4.78 is 90.0. The lowest BCUT2D eigenvalue weighted by Gasteiger charge is -2.42. The van der Waals surface area contributed by atoms with E-state index in [0.717, 1.165) is 14.7 Å². The Hall–Kier alpha value is -6.79. The van der Waals surface area contributed by atoms with Gasteiger partial charge in [0.2, 0.25) is 70.9 Å². The Morgan fingerprint density at radius 2 is 1.26 bits per heavy atom. The first-order valence-corrected chi connectivity index (χ1v) is 39.1. The largest absolute Gasteiger partial charge is 0.393 e. The van der Waals surface area contributed by atoms with Crippen molar-refractivity contribution < 1.29 is 88.6 Å². The summed E-state index contributed by atoms with van der Waals surface area (Å²) >= 11 is 6.41. The van der Waals surface area contributed by atoms with Crippen molar-refractivity contribution in [1.82, 2.24) is 60.0 Å². The maximum absolute atomic E-state index is 15.7. The van der Waals surface area contributed by atoms with Gasteiger partial charge in [-0.3, -0.25) is 57.5 Å². The molecular weight excluding hydrogens is 1430 g/mol. The quantitative estimate of drug-likeness (QED) is 0.0932. The monoisotopic (exact) mass is 1540 g/mol. The van der Waals surface area contributed by atoms with E-state index in [4.69, 9.17) is 16.3 Å². The Bertz CT molecular complexity index is 3140. The molecule has 107 heavy (non-hydrogen) atoms. The zero-order valence-corrected chi connectivity index (χ0v) is 65.0. The van der Waals surface area contributed by atoms with Crippen LogP contribution in [0.15, 0.2) is 12.7 Å². The van der Waals surface area contributed by atoms with Gasteiger partial charge in [-0.15, -0.1) is 18.2 Å². The molecule has 7 aliphatic rings. The molecule has 0 aromatic rings. The molecule has 3 N–H and O–H groups in total. The van der Waals surface area contributed by atoms with Crippen LogP contribution in [-0.2, 0) is 62.3 Å². The van der Waals surface area contributed by atoms with E-state index in [0.29, 0.717) is 44.9 Å². The number of likely N-dealkylation sites (N-methyl/N-ethyl adjacent to an activating group) is 6. The fraction of sp³-hybridized carbons (Fsp3) is 0.813. The Labute approximate surface area is 631 Å². The highest BCUT2D eigenvalue weighted by molar-refractivity contribution is 6.21. The predicted octanol–water partition coefficient (Wildman–Crippen LogP) is 6.68. The molecule has 7 fully saturated rings. The second kappa shape index (κ2) is 38.7. The van der Waals surface area contributed by atoms with E-state index in [-0.39, 0.29) is 148 Å². The number of ether oxygens (including phenoxy) is 1. The SMILES string of the molecule is C=CCCN1C(=O)CN(C)C(=O)CN(C)C(=O)[C@H]([C@@H](C)CC)NC(=O)[C@H](CC(C)C)N(C)C(=O)C[C@@H](C(=O)N2CCOCC2)N(C)C(=O)[C@H](C2CCCC2)N(C)C(=O)C2(CCCC2)NC(=O)[C@@H]2CCCN2C(=O)[C@H](CCC2CCC(C(F)(F)F)C(Cl)C2)NC(=O)CN(C)C(=O)[C@@H]1CC1CCC(C(F)(F)F)CC1. The van der Waals surface area contributed by atoms with Crippen molar-refractivity contribution in [2.75, 3.05) is 101 Å². The summed E-state index contributed by atoms with van der Waals surface area (Å²) in [6.07, 6.45) is -4.55. The standard InChI is InChI=1S/C75H117ClF6N12O13/c1-12-14-33-93-58(41-49-23-27-51(28-24-49)74(77,78)79)68(102)87(7)43-59(95)83-54(30-26-48-25-29-52(53(76)40-48)75(80,81)82)67(101)94-34-19-22-55(94)66(100)85-73(31-17-18-32-73)72(106)91(11)64(50-20-15-16-21-50)71(105)90(10)57(69(103)92-35-37-107-38-36-92)42-60(96)89(9)56(39-46(3)4)65(99)84-63(47(5)13-2)70(104)88(8)44-61(97)86(6)45-62(93)98/h12,46-58,63-64H,1,13-45H2,2-11H3,(H,83,95)(H,84,99)(H,85,100)/t47-,48?,49?,51?,52?,53?,54-,55-,56-,57-,58-,63-,64-/m0/s1. The number of carbonyl (C=O) groups is 12. The molecule has 25 nitrogen and oxygen atoms in total. The second-order valence-corrected chi connectivity index (χ2v) is 32.4. The van der Waals surface area contributed by atoms with Gasteiger partial charge in [-0.05, 0) is 145 Å². The third kappa shape index (κ3) is 22.5. The third-order valence-electron chi connectivity index (χ3n) is 23.9. The first kappa shape index (κ1) is 87.4. The van der Waals surface area contributed by atoms with Crippen LogP contribution >= 0.6 is 11.6 Å². The van der Waals surface area contributed by atoms with Gasteiger partial charge in [-0.2, -0.15) is 26.3 Å². The summed E-state index contributed by atoms with van der Waals surface area (Å²) in [5.74, 6) is -14.3. The Morgan fingerprint density at radius 1 is 0.645 bits per heavy atom. The molecule has 3 aliphatic heterocycles. The van der Waals surface area contributed by atoms with E-state index in [9.17, 15) is 50.3 Å². The average molecular weight is 1540 g/mol. The van der Waals surface area contributed by atoms with Crippen LogP contribution < -0.4 is 16.0 Å². The first-order valence-electron chi connectivity index (χ1n) is 38.6. The molecule has 0 bridgehead atoms. The zero-order chi connectivity index (χ0) is 79.2. The topological polar surface area (TPSA) is 279 Å². The fourth-order valence-electron chi connectivity index (χ4n) is 17.0. The number of fused-ring (bicyclic) bond motifs is 1. The maximum atomic E-state index is 15.7. The number of rotatable bonds is 14. The van der Waals surface area contributed by atoms with Gasteiger partial charge in [-0.1, -0.05) is 65.9 Å². The Morgan fingerprint density at radius 3 is 1.85 bits per heavy atom. The van der Waals surface area contributed by atoms with Gasteiger partial charge in [0.25, 0.3) is 0 Å². The molecule has 12 amide bonds. The van der Waals surface area contributed by atoms with Crippen LogP contribution in [0.4, 0.5) is 26.3 Å². The van der Waals surface area contributed by atoms with Crippen molar-refractivity contribution >= 4 is 82.5 Å². The van der Waals surface area contributed by atoms with Crippen molar-refractivity contribution in [2.45, 2.75) is 247 Å². The van der Waals surface area contributed by atoms with Crippen molar-refractivity contribution in [3.8, 4) is 0 Å². The molecule has 3 heterocycles. The molecule has 32 heteroatoms. The number of halogens is 7. The van der Waals surface area contributed by atoms with E-state index in [1.54, 1.807) is 13.8 Å². The molecule has 0 radical (unpaired) electrons. The van der Waals surface area contributed by atoms with Crippen molar-refractivity contribution in [1.29, 1.82) is 0 Å². The summed E-state index contributed by atoms with van der Waals surface area (Å²) in [5.41, 5.74) is -1.62. The number of hydrogen-bond acceptors (Lipinski definition) is 13. The van der Waals surface area contributed by atoms with Crippen LogP contribution in [0.5, 0.6) is 0 Å². The molecule has 1 spiro atoms. The maximum Gasteiger partial charge on any atom is 0.393 e. The van der Waals surface area contributed by atoms with E-state index in [2.05, 4.69) is 22.5 Å². The van der Waals surface area contributed by atoms with Crippen LogP contribution in [0, 0.1) is 41.4 Å². The number of nitrogens with zero attached hydrogens (tertiary/aromatic N) is 9. The molecule has 0 aromatic heterocycles. The number of amides is 12. The Kier molecular flexibility index (Phi) is 31.6. The number of hydrogen-bond donors (Lipinski definition) is 3. The zero-order valence-electron chi connectivity index (χ0n) is 64.3. The van der Waals surface area contributed by atoms with Crippen LogP contribution in [0.2, 0.25) is 0 Å². The minimum atomic E-state index is -4.56. The van der Waals surface area contributed by atoms with E-state index in [1.165, 1.54) is 77.8 Å². The van der Waals surface area contributed by atoms with Gasteiger partial charge in [0, 0.05) is 73.8 Å². The van der Waals surface area contributed by atoms with Crippen LogP contribution in [0.25, 0.3) is 0 Å². The highest BCUT2D eigenvalue weighted by Crippen LogP contribution is 2.45. The van der Waals surface area contributed by atoms with Crippen molar-refractivity contribution in [3.05, 3.63) is 12.7 Å². The summed E-state index contributed by atoms with van der Waals surface area (Å²) in [6, 6.07) is -9.37.